The fourth-order valence-corrected chi connectivity index (χ4v) is 2.24. The quantitative estimate of drug-likeness (QED) is 0.391. The Kier molecular flexibility index (Phi) is 15.5. The molecule has 5 nitrogen and oxygen atoms in total. The zero-order valence-electron chi connectivity index (χ0n) is 15.8. The van der Waals surface area contributed by atoms with Gasteiger partial charge in [-0.2, -0.15) is 8.42 Å². The molecule has 0 saturated carbocycles. The smallest absolute Gasteiger partial charge is 0.325 e. The number of unbranched alkanes of at least 4 members (excludes halogenated alkanes) is 6. The molecule has 0 radical (unpaired) electrons. The Hall–Kier alpha value is -0.170. The zero-order chi connectivity index (χ0) is 18.4. The van der Waals surface area contributed by atoms with Gasteiger partial charge in [-0.3, -0.25) is 4.55 Å². The molecular formula is C17H39NO4S. The van der Waals surface area contributed by atoms with Gasteiger partial charge in [0.15, 0.2) is 0 Å². The van der Waals surface area contributed by atoms with Crippen molar-refractivity contribution in [2.45, 2.75) is 97.9 Å². The highest BCUT2D eigenvalue weighted by atomic mass is 32.3. The lowest BCUT2D eigenvalue weighted by atomic mass is 9.86. The van der Waals surface area contributed by atoms with Gasteiger partial charge in [0.2, 0.25) is 0 Å². The van der Waals surface area contributed by atoms with Crippen LogP contribution in [0.5, 0.6) is 0 Å². The van der Waals surface area contributed by atoms with Crippen molar-refractivity contribution in [3.63, 3.8) is 0 Å². The Bertz CT molecular complexity index is 350. The molecule has 0 saturated heterocycles. The summed E-state index contributed by atoms with van der Waals surface area (Å²) in [7, 11) is -4.20. The monoisotopic (exact) mass is 353 g/mol. The Labute approximate surface area is 144 Å². The van der Waals surface area contributed by atoms with Gasteiger partial charge in [0, 0.05) is 5.54 Å². The van der Waals surface area contributed by atoms with Gasteiger partial charge >= 0.3 is 10.4 Å². The van der Waals surface area contributed by atoms with Crippen LogP contribution in [0.1, 0.15) is 92.4 Å². The summed E-state index contributed by atoms with van der Waals surface area (Å²) in [6.07, 6.45) is 11.1. The second-order valence-corrected chi connectivity index (χ2v) is 7.97. The summed E-state index contributed by atoms with van der Waals surface area (Å²) >= 11 is 0. The second-order valence-electron chi connectivity index (χ2n) is 6.88. The molecule has 0 bridgehead atoms. The first-order valence-corrected chi connectivity index (χ1v) is 10.3. The first-order valence-electron chi connectivity index (χ1n) is 8.95. The van der Waals surface area contributed by atoms with E-state index in [1.54, 1.807) is 0 Å². The highest BCUT2D eigenvalue weighted by molar-refractivity contribution is 7.80. The van der Waals surface area contributed by atoms with Crippen molar-refractivity contribution in [1.29, 1.82) is 0 Å². The fraction of sp³-hybridized carbons (Fsp3) is 1.00. The van der Waals surface area contributed by atoms with Crippen LogP contribution in [-0.2, 0) is 14.6 Å². The molecule has 0 aliphatic heterocycles. The van der Waals surface area contributed by atoms with E-state index in [1.165, 1.54) is 44.9 Å². The van der Waals surface area contributed by atoms with Gasteiger partial charge in [0.05, 0.1) is 6.61 Å². The van der Waals surface area contributed by atoms with Crippen LogP contribution in [0.25, 0.3) is 0 Å². The SMILES string of the molecule is CCCCCCCCC(C)C(C)(C)N.CCCCOS(=O)(=O)O. The highest BCUT2D eigenvalue weighted by Crippen LogP contribution is 2.20. The highest BCUT2D eigenvalue weighted by Gasteiger charge is 2.19. The average Bonchev–Trinajstić information content (AvgIpc) is 2.41. The van der Waals surface area contributed by atoms with E-state index in [-0.39, 0.29) is 12.1 Å². The van der Waals surface area contributed by atoms with Crippen molar-refractivity contribution >= 4 is 10.4 Å². The molecule has 0 aromatic heterocycles. The van der Waals surface area contributed by atoms with Crippen molar-refractivity contribution in [2.24, 2.45) is 11.7 Å². The van der Waals surface area contributed by atoms with Crippen LogP contribution in [0, 0.1) is 5.92 Å². The standard InChI is InChI=1S/C13H29N.C4H10O4S/c1-5-6-7-8-9-10-11-12(2)13(3,4)14;1-2-3-4-8-9(5,6)7/h12H,5-11,14H2,1-4H3;2-4H2,1H3,(H,5,6,7). The lowest BCUT2D eigenvalue weighted by Gasteiger charge is -2.27. The summed E-state index contributed by atoms with van der Waals surface area (Å²) in [5.74, 6) is 0.647. The maximum atomic E-state index is 9.84. The van der Waals surface area contributed by atoms with Gasteiger partial charge in [0.25, 0.3) is 0 Å². The van der Waals surface area contributed by atoms with Crippen LogP contribution in [0.2, 0.25) is 0 Å². The van der Waals surface area contributed by atoms with Crippen molar-refractivity contribution in [3.05, 3.63) is 0 Å². The molecule has 0 spiro atoms. The molecule has 0 aromatic rings. The van der Waals surface area contributed by atoms with Crippen LogP contribution in [0.3, 0.4) is 0 Å². The molecule has 0 aromatic carbocycles. The first-order chi connectivity index (χ1) is 10.5. The third kappa shape index (κ3) is 21.8. The van der Waals surface area contributed by atoms with Crippen LogP contribution in [-0.4, -0.2) is 25.1 Å². The zero-order valence-corrected chi connectivity index (χ0v) is 16.6. The molecule has 1 atom stereocenters. The maximum absolute atomic E-state index is 9.84. The van der Waals surface area contributed by atoms with Crippen LogP contribution >= 0.6 is 0 Å². The second kappa shape index (κ2) is 14.2. The minimum Gasteiger partial charge on any atom is -0.325 e. The van der Waals surface area contributed by atoms with Crippen LogP contribution in [0.4, 0.5) is 0 Å². The fourth-order valence-electron chi connectivity index (χ4n) is 1.91. The van der Waals surface area contributed by atoms with Gasteiger partial charge in [-0.25, -0.2) is 4.18 Å². The van der Waals surface area contributed by atoms with E-state index < -0.39 is 10.4 Å². The Morgan fingerprint density at radius 2 is 1.48 bits per heavy atom. The van der Waals surface area contributed by atoms with E-state index in [4.69, 9.17) is 10.3 Å². The van der Waals surface area contributed by atoms with Gasteiger partial charge in [0.1, 0.15) is 0 Å². The summed E-state index contributed by atoms with van der Waals surface area (Å²) in [4.78, 5) is 0. The Morgan fingerprint density at radius 1 is 1.00 bits per heavy atom. The minimum absolute atomic E-state index is 0.00339. The summed E-state index contributed by atoms with van der Waals surface area (Å²) < 4.78 is 31.7. The number of rotatable bonds is 12. The van der Waals surface area contributed by atoms with Crippen molar-refractivity contribution in [1.82, 2.24) is 0 Å². The lowest BCUT2D eigenvalue weighted by Crippen LogP contribution is -2.39. The molecule has 23 heavy (non-hydrogen) atoms. The predicted molar refractivity (Wildman–Crippen MR) is 97.8 cm³/mol. The molecule has 0 aliphatic carbocycles. The first kappa shape index (κ1) is 25.1. The molecule has 1 unspecified atom stereocenters. The van der Waals surface area contributed by atoms with E-state index in [1.807, 2.05) is 6.92 Å². The van der Waals surface area contributed by atoms with E-state index >= 15 is 0 Å². The number of nitrogens with two attached hydrogens (primary N) is 1. The molecule has 142 valence electrons. The predicted octanol–water partition coefficient (Wildman–Crippen LogP) is 4.72. The molecule has 0 heterocycles. The Morgan fingerprint density at radius 3 is 1.91 bits per heavy atom. The van der Waals surface area contributed by atoms with Gasteiger partial charge in [-0.05, 0) is 32.6 Å². The van der Waals surface area contributed by atoms with Crippen LogP contribution in [0.15, 0.2) is 0 Å². The van der Waals surface area contributed by atoms with Gasteiger partial charge in [-0.15, -0.1) is 0 Å². The lowest BCUT2D eigenvalue weighted by molar-refractivity contribution is 0.264. The van der Waals surface area contributed by atoms with Gasteiger partial charge < -0.3 is 5.73 Å². The molecular weight excluding hydrogens is 314 g/mol. The van der Waals surface area contributed by atoms with Crippen molar-refractivity contribution < 1.29 is 17.2 Å². The third-order valence-corrected chi connectivity index (χ3v) is 4.46. The van der Waals surface area contributed by atoms with Crippen molar-refractivity contribution in [3.8, 4) is 0 Å². The molecule has 0 fully saturated rings. The number of hydrogen-bond donors (Lipinski definition) is 2. The minimum atomic E-state index is -4.20. The molecule has 0 rings (SSSR count). The Balaban J connectivity index is 0. The largest absolute Gasteiger partial charge is 0.397 e. The molecule has 0 aliphatic rings. The van der Waals surface area contributed by atoms with Crippen LogP contribution < -0.4 is 5.73 Å². The summed E-state index contributed by atoms with van der Waals surface area (Å²) in [5, 5.41) is 0. The normalized spacial score (nSPS) is 13.3. The van der Waals surface area contributed by atoms with Crippen molar-refractivity contribution in [2.75, 3.05) is 6.61 Å². The van der Waals surface area contributed by atoms with E-state index in [0.717, 1.165) is 6.42 Å². The summed E-state index contributed by atoms with van der Waals surface area (Å²) in [6.45, 7) is 10.8. The molecule has 3 N–H and O–H groups in total. The third-order valence-electron chi connectivity index (χ3n) is 3.99. The van der Waals surface area contributed by atoms with Gasteiger partial charge in [-0.1, -0.05) is 65.7 Å². The summed E-state index contributed by atoms with van der Waals surface area (Å²) in [6, 6.07) is 0. The average molecular weight is 354 g/mol. The van der Waals surface area contributed by atoms with E-state index in [2.05, 4.69) is 31.9 Å². The van der Waals surface area contributed by atoms with E-state index in [9.17, 15) is 8.42 Å². The molecule has 0 amide bonds. The maximum Gasteiger partial charge on any atom is 0.397 e. The molecule has 6 heteroatoms. The topological polar surface area (TPSA) is 89.6 Å². The van der Waals surface area contributed by atoms with E-state index in [0.29, 0.717) is 12.3 Å². The number of hydrogen-bond acceptors (Lipinski definition) is 4. The summed E-state index contributed by atoms with van der Waals surface area (Å²) in [5.41, 5.74) is 6.04.